The fourth-order valence-corrected chi connectivity index (χ4v) is 3.97. The SMILES string of the molecule is COc1ccc2c(c1)CC(N1CC(CN)CC1C)CC2. The largest absolute Gasteiger partial charge is 0.497 e. The molecule has 0 saturated carbocycles. The maximum absolute atomic E-state index is 5.86. The number of aryl methyl sites for hydroxylation is 1. The third-order valence-electron chi connectivity index (χ3n) is 5.13. The van der Waals surface area contributed by atoms with Crippen LogP contribution in [-0.4, -0.2) is 37.2 Å². The summed E-state index contributed by atoms with van der Waals surface area (Å²) in [5, 5.41) is 0. The van der Waals surface area contributed by atoms with Crippen LogP contribution in [0.2, 0.25) is 0 Å². The first-order valence-electron chi connectivity index (χ1n) is 7.83. The Bertz CT molecular complexity index is 474. The molecule has 0 radical (unpaired) electrons. The lowest BCUT2D eigenvalue weighted by molar-refractivity contribution is 0.170. The molecule has 1 fully saturated rings. The highest BCUT2D eigenvalue weighted by atomic mass is 16.5. The number of nitrogens with zero attached hydrogens (tertiary/aromatic N) is 1. The highest BCUT2D eigenvalue weighted by Crippen LogP contribution is 2.32. The van der Waals surface area contributed by atoms with Gasteiger partial charge in [0.05, 0.1) is 7.11 Å². The molecule has 1 aromatic carbocycles. The van der Waals surface area contributed by atoms with Gasteiger partial charge in [-0.1, -0.05) is 6.07 Å². The van der Waals surface area contributed by atoms with E-state index >= 15 is 0 Å². The van der Waals surface area contributed by atoms with Crippen LogP contribution in [0.15, 0.2) is 18.2 Å². The number of benzene rings is 1. The van der Waals surface area contributed by atoms with Gasteiger partial charge in [-0.3, -0.25) is 4.90 Å². The Hall–Kier alpha value is -1.06. The second-order valence-electron chi connectivity index (χ2n) is 6.41. The monoisotopic (exact) mass is 274 g/mol. The molecule has 0 aromatic heterocycles. The second-order valence-corrected chi connectivity index (χ2v) is 6.41. The molecule has 3 atom stereocenters. The Morgan fingerprint density at radius 2 is 2.20 bits per heavy atom. The van der Waals surface area contributed by atoms with Gasteiger partial charge in [0, 0.05) is 18.6 Å². The minimum atomic E-state index is 0.681. The highest BCUT2D eigenvalue weighted by Gasteiger charge is 2.34. The molecule has 1 heterocycles. The van der Waals surface area contributed by atoms with Crippen molar-refractivity contribution in [2.24, 2.45) is 11.7 Å². The van der Waals surface area contributed by atoms with Crippen molar-refractivity contribution in [3.05, 3.63) is 29.3 Å². The molecule has 0 spiro atoms. The Labute approximate surface area is 122 Å². The Morgan fingerprint density at radius 1 is 1.35 bits per heavy atom. The zero-order chi connectivity index (χ0) is 14.1. The maximum atomic E-state index is 5.86. The van der Waals surface area contributed by atoms with Crippen LogP contribution in [0.4, 0.5) is 0 Å². The minimum absolute atomic E-state index is 0.681. The van der Waals surface area contributed by atoms with Crippen molar-refractivity contribution in [3.8, 4) is 5.75 Å². The summed E-state index contributed by atoms with van der Waals surface area (Å²) in [6.45, 7) is 4.37. The zero-order valence-electron chi connectivity index (χ0n) is 12.6. The molecule has 1 aromatic rings. The van der Waals surface area contributed by atoms with Crippen molar-refractivity contribution in [2.45, 2.75) is 44.7 Å². The molecule has 3 heteroatoms. The highest BCUT2D eigenvalue weighted by molar-refractivity contribution is 5.38. The summed E-state index contributed by atoms with van der Waals surface area (Å²) in [4.78, 5) is 2.69. The third-order valence-corrected chi connectivity index (χ3v) is 5.13. The van der Waals surface area contributed by atoms with Gasteiger partial charge in [0.15, 0.2) is 0 Å². The number of methoxy groups -OCH3 is 1. The first kappa shape index (κ1) is 13.9. The van der Waals surface area contributed by atoms with Crippen LogP contribution in [0.1, 0.15) is 30.9 Å². The van der Waals surface area contributed by atoms with Gasteiger partial charge < -0.3 is 10.5 Å². The van der Waals surface area contributed by atoms with E-state index in [0.29, 0.717) is 18.0 Å². The van der Waals surface area contributed by atoms with Gasteiger partial charge in [-0.25, -0.2) is 0 Å². The van der Waals surface area contributed by atoms with E-state index in [0.717, 1.165) is 18.7 Å². The standard InChI is InChI=1S/C17H26N2O/c1-12-7-13(10-18)11-19(12)16-5-3-14-4-6-17(20-2)9-15(14)8-16/h4,6,9,12-13,16H,3,5,7-8,10-11,18H2,1-2H3. The van der Waals surface area contributed by atoms with Gasteiger partial charge in [-0.05, 0) is 68.3 Å². The van der Waals surface area contributed by atoms with Crippen molar-refractivity contribution in [1.29, 1.82) is 0 Å². The van der Waals surface area contributed by atoms with E-state index in [9.17, 15) is 0 Å². The predicted octanol–water partition coefficient (Wildman–Crippen LogP) is 2.22. The van der Waals surface area contributed by atoms with Gasteiger partial charge in [-0.2, -0.15) is 0 Å². The summed E-state index contributed by atoms with van der Waals surface area (Å²) in [6.07, 6.45) is 4.90. The molecule has 3 nitrogen and oxygen atoms in total. The topological polar surface area (TPSA) is 38.5 Å². The molecule has 2 aliphatic rings. The van der Waals surface area contributed by atoms with E-state index < -0.39 is 0 Å². The summed E-state index contributed by atoms with van der Waals surface area (Å²) < 4.78 is 5.37. The number of likely N-dealkylation sites (tertiary alicyclic amines) is 1. The molecule has 0 amide bonds. The van der Waals surface area contributed by atoms with Crippen molar-refractivity contribution in [1.82, 2.24) is 4.90 Å². The molecule has 3 rings (SSSR count). The van der Waals surface area contributed by atoms with E-state index in [1.807, 2.05) is 0 Å². The van der Waals surface area contributed by atoms with E-state index in [1.165, 1.54) is 36.9 Å². The molecular weight excluding hydrogens is 248 g/mol. The van der Waals surface area contributed by atoms with E-state index in [-0.39, 0.29) is 0 Å². The smallest absolute Gasteiger partial charge is 0.119 e. The van der Waals surface area contributed by atoms with Crippen molar-refractivity contribution >= 4 is 0 Å². The number of rotatable bonds is 3. The average Bonchev–Trinajstić information content (AvgIpc) is 2.87. The van der Waals surface area contributed by atoms with Gasteiger partial charge in [0.1, 0.15) is 5.75 Å². The summed E-state index contributed by atoms with van der Waals surface area (Å²) in [6, 6.07) is 7.91. The van der Waals surface area contributed by atoms with Gasteiger partial charge >= 0.3 is 0 Å². The molecule has 2 N–H and O–H groups in total. The molecule has 1 aliphatic heterocycles. The number of fused-ring (bicyclic) bond motifs is 1. The minimum Gasteiger partial charge on any atom is -0.497 e. The fraction of sp³-hybridized carbons (Fsp3) is 0.647. The predicted molar refractivity (Wildman–Crippen MR) is 82.1 cm³/mol. The molecular formula is C17H26N2O. The van der Waals surface area contributed by atoms with E-state index in [2.05, 4.69) is 30.0 Å². The summed E-state index contributed by atoms with van der Waals surface area (Å²) in [5.74, 6) is 1.68. The number of hydrogen-bond donors (Lipinski definition) is 1. The number of ether oxygens (including phenoxy) is 1. The Kier molecular flexibility index (Phi) is 3.99. The summed E-state index contributed by atoms with van der Waals surface area (Å²) in [5.41, 5.74) is 8.84. The maximum Gasteiger partial charge on any atom is 0.119 e. The van der Waals surface area contributed by atoms with Crippen LogP contribution >= 0.6 is 0 Å². The third kappa shape index (κ3) is 2.57. The van der Waals surface area contributed by atoms with Gasteiger partial charge in [0.25, 0.3) is 0 Å². The van der Waals surface area contributed by atoms with Crippen molar-refractivity contribution < 1.29 is 4.74 Å². The van der Waals surface area contributed by atoms with Crippen LogP contribution in [0.3, 0.4) is 0 Å². The molecule has 110 valence electrons. The van der Waals surface area contributed by atoms with Crippen LogP contribution in [0.5, 0.6) is 5.75 Å². The number of nitrogens with two attached hydrogens (primary N) is 1. The van der Waals surface area contributed by atoms with Crippen LogP contribution in [0, 0.1) is 5.92 Å². The molecule has 1 aliphatic carbocycles. The second kappa shape index (κ2) is 5.74. The first-order valence-corrected chi connectivity index (χ1v) is 7.83. The molecule has 0 bridgehead atoms. The first-order chi connectivity index (χ1) is 9.71. The fourth-order valence-electron chi connectivity index (χ4n) is 3.97. The Balaban J connectivity index is 1.74. The zero-order valence-corrected chi connectivity index (χ0v) is 12.6. The van der Waals surface area contributed by atoms with Gasteiger partial charge in [0.2, 0.25) is 0 Å². The van der Waals surface area contributed by atoms with E-state index in [1.54, 1.807) is 7.11 Å². The molecule has 20 heavy (non-hydrogen) atoms. The van der Waals surface area contributed by atoms with Crippen molar-refractivity contribution in [3.63, 3.8) is 0 Å². The Morgan fingerprint density at radius 3 is 2.90 bits per heavy atom. The average molecular weight is 274 g/mol. The van der Waals surface area contributed by atoms with Crippen molar-refractivity contribution in [2.75, 3.05) is 20.2 Å². The lowest BCUT2D eigenvalue weighted by atomic mass is 9.87. The number of hydrogen-bond acceptors (Lipinski definition) is 3. The normalized spacial score (nSPS) is 30.2. The quantitative estimate of drug-likeness (QED) is 0.918. The van der Waals surface area contributed by atoms with Crippen LogP contribution in [-0.2, 0) is 12.8 Å². The molecule has 3 unspecified atom stereocenters. The summed E-state index contributed by atoms with van der Waals surface area (Å²) >= 11 is 0. The lowest BCUT2D eigenvalue weighted by Gasteiger charge is -2.35. The molecule has 1 saturated heterocycles. The summed E-state index contributed by atoms with van der Waals surface area (Å²) in [7, 11) is 1.75. The van der Waals surface area contributed by atoms with Gasteiger partial charge in [-0.15, -0.1) is 0 Å². The van der Waals surface area contributed by atoms with Crippen LogP contribution < -0.4 is 10.5 Å². The lowest BCUT2D eigenvalue weighted by Crippen LogP contribution is -2.41. The van der Waals surface area contributed by atoms with E-state index in [4.69, 9.17) is 10.5 Å². The van der Waals surface area contributed by atoms with Crippen LogP contribution in [0.25, 0.3) is 0 Å².